The summed E-state index contributed by atoms with van der Waals surface area (Å²) in [7, 11) is -3.87. The predicted molar refractivity (Wildman–Crippen MR) is 113 cm³/mol. The Balaban J connectivity index is 2.57. The molecule has 0 saturated carbocycles. The van der Waals surface area contributed by atoms with Crippen LogP contribution in [-0.4, -0.2) is 25.3 Å². The van der Waals surface area contributed by atoms with Gasteiger partial charge in [-0.1, -0.05) is 58.4 Å². The number of rotatable bonds is 16. The second kappa shape index (κ2) is 14.0. The van der Waals surface area contributed by atoms with Gasteiger partial charge in [0.2, 0.25) is 0 Å². The van der Waals surface area contributed by atoms with Gasteiger partial charge in [-0.05, 0) is 61.8 Å². The first kappa shape index (κ1) is 24.0. The third kappa shape index (κ3) is 12.9. The van der Waals surface area contributed by atoms with Gasteiger partial charge in [0.25, 0.3) is 10.1 Å². The smallest absolute Gasteiger partial charge is 0.264 e. The molecule has 0 bridgehead atoms. The Labute approximate surface area is 166 Å². The molecule has 1 rings (SSSR count). The molecule has 0 aliphatic heterocycles. The van der Waals surface area contributed by atoms with E-state index < -0.39 is 10.1 Å². The van der Waals surface area contributed by atoms with Crippen LogP contribution in [0.15, 0.2) is 18.2 Å². The topological polar surface area (TPSA) is 63.6 Å². The molecule has 1 N–H and O–H groups in total. The summed E-state index contributed by atoms with van der Waals surface area (Å²) >= 11 is 0. The second-order valence-corrected chi connectivity index (χ2v) is 9.02. The van der Waals surface area contributed by atoms with Crippen molar-refractivity contribution in [1.29, 1.82) is 0 Å². The molecule has 0 saturated heterocycles. The van der Waals surface area contributed by atoms with Gasteiger partial charge in [-0.25, -0.2) is 0 Å². The van der Waals surface area contributed by atoms with Crippen molar-refractivity contribution >= 4 is 10.1 Å². The van der Waals surface area contributed by atoms with Crippen LogP contribution < -0.4 is 4.74 Å². The van der Waals surface area contributed by atoms with E-state index in [4.69, 9.17) is 9.29 Å². The molecular formula is C22H38O4S. The fourth-order valence-electron chi connectivity index (χ4n) is 3.19. The van der Waals surface area contributed by atoms with Crippen molar-refractivity contribution in [2.24, 2.45) is 0 Å². The van der Waals surface area contributed by atoms with E-state index in [1.54, 1.807) is 0 Å². The van der Waals surface area contributed by atoms with Gasteiger partial charge in [0.15, 0.2) is 0 Å². The van der Waals surface area contributed by atoms with E-state index in [1.807, 2.05) is 0 Å². The number of ether oxygens (including phenoxy) is 1. The van der Waals surface area contributed by atoms with E-state index in [9.17, 15) is 8.42 Å². The number of benzene rings is 1. The molecular weight excluding hydrogens is 360 g/mol. The van der Waals surface area contributed by atoms with Crippen molar-refractivity contribution in [2.75, 3.05) is 12.4 Å². The van der Waals surface area contributed by atoms with Crippen LogP contribution in [0.4, 0.5) is 0 Å². The molecule has 0 amide bonds. The zero-order chi connectivity index (χ0) is 20.0. The largest absolute Gasteiger partial charge is 0.494 e. The van der Waals surface area contributed by atoms with E-state index in [-0.39, 0.29) is 5.75 Å². The maximum Gasteiger partial charge on any atom is 0.264 e. The Morgan fingerprint density at radius 3 is 1.81 bits per heavy atom. The van der Waals surface area contributed by atoms with Gasteiger partial charge in [-0.3, -0.25) is 4.55 Å². The van der Waals surface area contributed by atoms with Crippen molar-refractivity contribution in [3.8, 4) is 5.75 Å². The minimum atomic E-state index is -3.87. The fraction of sp³-hybridized carbons (Fsp3) is 0.727. The van der Waals surface area contributed by atoms with E-state index in [2.05, 4.69) is 32.0 Å². The highest BCUT2D eigenvalue weighted by atomic mass is 32.2. The van der Waals surface area contributed by atoms with Crippen molar-refractivity contribution in [3.63, 3.8) is 0 Å². The SMILES string of the molecule is CCCCCCc1cc(CCCCCC)cc(OCCCCS(=O)(=O)O)c1. The zero-order valence-electron chi connectivity index (χ0n) is 17.2. The first-order chi connectivity index (χ1) is 12.9. The molecule has 0 spiro atoms. The normalized spacial score (nSPS) is 11.7. The Kier molecular flexibility index (Phi) is 12.4. The maximum atomic E-state index is 10.8. The molecule has 5 heteroatoms. The number of hydrogen-bond donors (Lipinski definition) is 1. The first-order valence-electron chi connectivity index (χ1n) is 10.7. The summed E-state index contributed by atoms with van der Waals surface area (Å²) in [4.78, 5) is 0. The van der Waals surface area contributed by atoms with E-state index in [0.717, 1.165) is 18.6 Å². The highest BCUT2D eigenvalue weighted by Gasteiger charge is 2.06. The molecule has 0 aliphatic rings. The van der Waals surface area contributed by atoms with Gasteiger partial charge in [-0.2, -0.15) is 8.42 Å². The van der Waals surface area contributed by atoms with Gasteiger partial charge >= 0.3 is 0 Å². The number of unbranched alkanes of at least 4 members (excludes halogenated alkanes) is 7. The van der Waals surface area contributed by atoms with Gasteiger partial charge in [0, 0.05) is 0 Å². The Bertz CT molecular complexity index is 580. The summed E-state index contributed by atoms with van der Waals surface area (Å²) in [5.74, 6) is 0.691. The van der Waals surface area contributed by atoms with Crippen molar-refractivity contribution < 1.29 is 17.7 Å². The first-order valence-corrected chi connectivity index (χ1v) is 12.3. The molecule has 0 unspecified atom stereocenters. The zero-order valence-corrected chi connectivity index (χ0v) is 18.0. The van der Waals surface area contributed by atoms with Crippen LogP contribution >= 0.6 is 0 Å². The van der Waals surface area contributed by atoms with Crippen LogP contribution in [0.2, 0.25) is 0 Å². The van der Waals surface area contributed by atoms with E-state index in [1.165, 1.54) is 62.5 Å². The van der Waals surface area contributed by atoms with Crippen LogP contribution in [0.3, 0.4) is 0 Å². The van der Waals surface area contributed by atoms with Crippen molar-refractivity contribution in [3.05, 3.63) is 29.3 Å². The van der Waals surface area contributed by atoms with Crippen LogP contribution in [0.5, 0.6) is 5.75 Å². The minimum Gasteiger partial charge on any atom is -0.494 e. The predicted octanol–water partition coefficient (Wildman–Crippen LogP) is 5.98. The molecule has 0 atom stereocenters. The van der Waals surface area contributed by atoms with Crippen LogP contribution in [0.25, 0.3) is 0 Å². The molecule has 0 heterocycles. The molecule has 0 radical (unpaired) electrons. The Morgan fingerprint density at radius 1 is 0.778 bits per heavy atom. The van der Waals surface area contributed by atoms with Gasteiger partial charge in [0.05, 0.1) is 12.4 Å². The summed E-state index contributed by atoms with van der Waals surface area (Å²) in [6.45, 7) is 4.93. The maximum absolute atomic E-state index is 10.8. The summed E-state index contributed by atoms with van der Waals surface area (Å²) < 4.78 is 36.2. The molecule has 156 valence electrons. The molecule has 4 nitrogen and oxygen atoms in total. The monoisotopic (exact) mass is 398 g/mol. The van der Waals surface area contributed by atoms with E-state index in [0.29, 0.717) is 19.4 Å². The van der Waals surface area contributed by atoms with Crippen molar-refractivity contribution in [1.82, 2.24) is 0 Å². The lowest BCUT2D eigenvalue weighted by Crippen LogP contribution is -2.06. The lowest BCUT2D eigenvalue weighted by Gasteiger charge is -2.12. The second-order valence-electron chi connectivity index (χ2n) is 7.45. The molecule has 27 heavy (non-hydrogen) atoms. The highest BCUT2D eigenvalue weighted by Crippen LogP contribution is 2.21. The Hall–Kier alpha value is -1.07. The summed E-state index contributed by atoms with van der Waals surface area (Å²) in [5, 5.41) is 0. The van der Waals surface area contributed by atoms with Crippen LogP contribution in [0.1, 0.15) is 89.2 Å². The average molecular weight is 399 g/mol. The Morgan fingerprint density at radius 2 is 1.33 bits per heavy atom. The molecule has 0 aromatic heterocycles. The summed E-state index contributed by atoms with van der Waals surface area (Å²) in [6, 6.07) is 6.58. The number of hydrogen-bond acceptors (Lipinski definition) is 3. The molecule has 0 fully saturated rings. The average Bonchev–Trinajstić information content (AvgIpc) is 2.61. The third-order valence-electron chi connectivity index (χ3n) is 4.73. The quantitative estimate of drug-likeness (QED) is 0.275. The van der Waals surface area contributed by atoms with Gasteiger partial charge in [-0.15, -0.1) is 0 Å². The molecule has 1 aromatic rings. The summed E-state index contributed by atoms with van der Waals surface area (Å²) in [6.07, 6.45) is 13.2. The van der Waals surface area contributed by atoms with Crippen molar-refractivity contribution in [2.45, 2.75) is 90.9 Å². The van der Waals surface area contributed by atoms with Crippen LogP contribution in [0, 0.1) is 0 Å². The van der Waals surface area contributed by atoms with Gasteiger partial charge < -0.3 is 4.74 Å². The lowest BCUT2D eigenvalue weighted by molar-refractivity contribution is 0.308. The fourth-order valence-corrected chi connectivity index (χ4v) is 3.76. The van der Waals surface area contributed by atoms with Crippen LogP contribution in [-0.2, 0) is 23.0 Å². The lowest BCUT2D eigenvalue weighted by atomic mass is 10.00. The third-order valence-corrected chi connectivity index (χ3v) is 5.53. The summed E-state index contributed by atoms with van der Waals surface area (Å²) in [5.41, 5.74) is 2.68. The van der Waals surface area contributed by atoms with E-state index >= 15 is 0 Å². The molecule has 0 aliphatic carbocycles. The molecule has 1 aromatic carbocycles. The minimum absolute atomic E-state index is 0.198. The number of aryl methyl sites for hydroxylation is 2. The van der Waals surface area contributed by atoms with Gasteiger partial charge in [0.1, 0.15) is 5.75 Å². The standard InChI is InChI=1S/C22H38O4S/c1-3-5-7-9-13-20-17-21(14-10-8-6-4-2)19-22(18-20)26-15-11-12-16-27(23,24)25/h17-19H,3-16H2,1-2H3,(H,23,24,25). The highest BCUT2D eigenvalue weighted by molar-refractivity contribution is 7.85.